The van der Waals surface area contributed by atoms with Crippen molar-refractivity contribution in [3.8, 4) is 6.07 Å². The number of methoxy groups -OCH3 is 1. The van der Waals surface area contributed by atoms with Crippen molar-refractivity contribution >= 4 is 17.0 Å². The Morgan fingerprint density at radius 3 is 3.04 bits per heavy atom. The van der Waals surface area contributed by atoms with Crippen LogP contribution in [0.25, 0.3) is 10.9 Å². The van der Waals surface area contributed by atoms with Crippen LogP contribution in [0.4, 0.5) is 4.79 Å². The Morgan fingerprint density at radius 1 is 1.54 bits per heavy atom. The molecule has 1 aromatic carbocycles. The second kappa shape index (κ2) is 6.39. The second-order valence-corrected chi connectivity index (χ2v) is 5.50. The van der Waals surface area contributed by atoms with E-state index in [0.717, 1.165) is 0 Å². The van der Waals surface area contributed by atoms with Gasteiger partial charge in [0, 0.05) is 25.6 Å². The molecule has 2 unspecified atom stereocenters. The molecular weight excluding hydrogens is 310 g/mol. The number of fused-ring (bicyclic) bond motifs is 1. The maximum absolute atomic E-state index is 11.9. The number of carboxylic acid groups (broad SMARTS) is 1. The summed E-state index contributed by atoms with van der Waals surface area (Å²) in [6.45, 7) is 0.663. The molecule has 8 heteroatoms. The quantitative estimate of drug-likeness (QED) is 0.873. The average Bonchev–Trinajstić information content (AvgIpc) is 2.61. The van der Waals surface area contributed by atoms with Crippen LogP contribution in [0.3, 0.4) is 0 Å². The van der Waals surface area contributed by atoms with Gasteiger partial charge >= 0.3 is 6.09 Å². The Bertz CT molecular complexity index is 800. The summed E-state index contributed by atoms with van der Waals surface area (Å²) in [5, 5.41) is 23.0. The van der Waals surface area contributed by atoms with Crippen LogP contribution in [0.5, 0.6) is 0 Å². The molecule has 1 amide bonds. The maximum atomic E-state index is 11.9. The Balaban J connectivity index is 2.32. The molecule has 1 fully saturated rings. The zero-order valence-electron chi connectivity index (χ0n) is 13.1. The molecule has 124 valence electrons. The van der Waals surface area contributed by atoms with E-state index in [1.165, 1.54) is 18.3 Å². The summed E-state index contributed by atoms with van der Waals surface area (Å²) in [4.78, 5) is 21.7. The monoisotopic (exact) mass is 327 g/mol. The number of benzene rings is 1. The molecule has 0 bridgehead atoms. The first kappa shape index (κ1) is 16.1. The lowest BCUT2D eigenvalue weighted by Gasteiger charge is -2.48. The third-order valence-corrected chi connectivity index (χ3v) is 4.35. The number of hydrogen-bond donors (Lipinski definition) is 2. The average molecular weight is 327 g/mol. The van der Waals surface area contributed by atoms with E-state index < -0.39 is 17.9 Å². The standard InChI is InChI=1S/C16H17N5O3/c1-24-14-16(6-7-17,21(15(22)23)9-8-18-14)13-11-4-2-3-5-12(11)19-10-20-13/h2-5,10,14,18H,6,8-9H2,1H3,(H,22,23). The molecule has 0 saturated carbocycles. The molecule has 0 aliphatic carbocycles. The van der Waals surface area contributed by atoms with Crippen molar-refractivity contribution in [2.24, 2.45) is 0 Å². The predicted molar refractivity (Wildman–Crippen MR) is 85.0 cm³/mol. The molecule has 1 aromatic heterocycles. The number of rotatable bonds is 3. The summed E-state index contributed by atoms with van der Waals surface area (Å²) < 4.78 is 5.52. The first-order chi connectivity index (χ1) is 11.6. The van der Waals surface area contributed by atoms with Gasteiger partial charge in [0.1, 0.15) is 18.1 Å². The SMILES string of the molecule is COC1NCCN(C(=O)O)C1(CC#N)c1ncnc2ccccc12. The highest BCUT2D eigenvalue weighted by molar-refractivity contribution is 5.82. The van der Waals surface area contributed by atoms with Crippen LogP contribution in [-0.4, -0.2) is 52.5 Å². The van der Waals surface area contributed by atoms with Gasteiger partial charge in [-0.25, -0.2) is 14.8 Å². The topological polar surface area (TPSA) is 111 Å². The van der Waals surface area contributed by atoms with Crippen molar-refractivity contribution in [1.82, 2.24) is 20.2 Å². The van der Waals surface area contributed by atoms with Crippen LogP contribution in [0.2, 0.25) is 0 Å². The van der Waals surface area contributed by atoms with Gasteiger partial charge in [-0.2, -0.15) is 5.26 Å². The molecule has 0 radical (unpaired) electrons. The molecule has 1 aliphatic heterocycles. The third kappa shape index (κ3) is 2.35. The first-order valence-corrected chi connectivity index (χ1v) is 7.49. The summed E-state index contributed by atoms with van der Waals surface area (Å²) in [5.74, 6) is 0. The Morgan fingerprint density at radius 2 is 2.33 bits per heavy atom. The number of nitriles is 1. The lowest BCUT2D eigenvalue weighted by Crippen LogP contribution is -2.67. The number of nitrogens with zero attached hydrogens (tertiary/aromatic N) is 4. The van der Waals surface area contributed by atoms with Crippen LogP contribution in [0.1, 0.15) is 12.1 Å². The molecule has 1 aliphatic rings. The second-order valence-electron chi connectivity index (χ2n) is 5.50. The van der Waals surface area contributed by atoms with E-state index in [4.69, 9.17) is 4.74 Å². The van der Waals surface area contributed by atoms with Gasteiger partial charge in [-0.3, -0.25) is 10.2 Å². The van der Waals surface area contributed by atoms with E-state index in [1.54, 1.807) is 0 Å². The number of ether oxygens (including phenoxy) is 1. The summed E-state index contributed by atoms with van der Waals surface area (Å²) in [6, 6.07) is 9.43. The highest BCUT2D eigenvalue weighted by atomic mass is 16.5. The zero-order valence-corrected chi connectivity index (χ0v) is 13.1. The summed E-state index contributed by atoms with van der Waals surface area (Å²) in [7, 11) is 1.48. The maximum Gasteiger partial charge on any atom is 0.408 e. The largest absolute Gasteiger partial charge is 0.465 e. The Kier molecular flexibility index (Phi) is 4.29. The molecule has 0 spiro atoms. The highest BCUT2D eigenvalue weighted by Crippen LogP contribution is 2.39. The number of para-hydroxylation sites is 1. The lowest BCUT2D eigenvalue weighted by atomic mass is 9.83. The number of amides is 1. The van der Waals surface area contributed by atoms with E-state index in [-0.39, 0.29) is 13.0 Å². The van der Waals surface area contributed by atoms with Gasteiger partial charge in [0.05, 0.1) is 23.7 Å². The van der Waals surface area contributed by atoms with Gasteiger partial charge in [0.2, 0.25) is 0 Å². The summed E-state index contributed by atoms with van der Waals surface area (Å²) in [5.41, 5.74) is -0.0995. The first-order valence-electron chi connectivity index (χ1n) is 7.49. The lowest BCUT2D eigenvalue weighted by molar-refractivity contribution is -0.0883. The van der Waals surface area contributed by atoms with Crippen molar-refractivity contribution in [3.63, 3.8) is 0 Å². The van der Waals surface area contributed by atoms with Crippen molar-refractivity contribution in [3.05, 3.63) is 36.3 Å². The highest BCUT2D eigenvalue weighted by Gasteiger charge is 2.52. The minimum absolute atomic E-state index is 0.0915. The van der Waals surface area contributed by atoms with E-state index in [2.05, 4.69) is 21.4 Å². The zero-order chi connectivity index (χ0) is 17.2. The van der Waals surface area contributed by atoms with Gasteiger partial charge in [-0.1, -0.05) is 18.2 Å². The molecule has 2 N–H and O–H groups in total. The Hall–Kier alpha value is -2.76. The number of hydrogen-bond acceptors (Lipinski definition) is 6. The predicted octanol–water partition coefficient (Wildman–Crippen LogP) is 1.29. The molecule has 1 saturated heterocycles. The smallest absolute Gasteiger partial charge is 0.408 e. The van der Waals surface area contributed by atoms with Crippen molar-refractivity contribution in [2.75, 3.05) is 20.2 Å². The fourth-order valence-corrected chi connectivity index (χ4v) is 3.36. The third-order valence-electron chi connectivity index (χ3n) is 4.35. The van der Waals surface area contributed by atoms with Crippen molar-refractivity contribution in [2.45, 2.75) is 18.2 Å². The number of carbonyl (C=O) groups is 1. The molecule has 2 atom stereocenters. The fraction of sp³-hybridized carbons (Fsp3) is 0.375. The van der Waals surface area contributed by atoms with Crippen molar-refractivity contribution < 1.29 is 14.6 Å². The number of nitrogens with one attached hydrogen (secondary N) is 1. The van der Waals surface area contributed by atoms with E-state index in [1.807, 2.05) is 24.3 Å². The van der Waals surface area contributed by atoms with Crippen LogP contribution >= 0.6 is 0 Å². The van der Waals surface area contributed by atoms with Gasteiger partial charge in [0.15, 0.2) is 0 Å². The van der Waals surface area contributed by atoms with Gasteiger partial charge in [0.25, 0.3) is 0 Å². The normalized spacial score (nSPS) is 23.8. The molecule has 3 rings (SSSR count). The van der Waals surface area contributed by atoms with Crippen LogP contribution in [0, 0.1) is 11.3 Å². The molecule has 2 heterocycles. The van der Waals surface area contributed by atoms with Crippen LogP contribution in [0.15, 0.2) is 30.6 Å². The summed E-state index contributed by atoms with van der Waals surface area (Å²) >= 11 is 0. The number of aromatic nitrogens is 2. The minimum atomic E-state index is -1.25. The van der Waals surface area contributed by atoms with Crippen LogP contribution in [-0.2, 0) is 10.3 Å². The fourth-order valence-electron chi connectivity index (χ4n) is 3.36. The number of piperazine rings is 1. The van der Waals surface area contributed by atoms with E-state index >= 15 is 0 Å². The van der Waals surface area contributed by atoms with Gasteiger partial charge in [-0.05, 0) is 6.07 Å². The van der Waals surface area contributed by atoms with Crippen molar-refractivity contribution in [1.29, 1.82) is 5.26 Å². The molecule has 24 heavy (non-hydrogen) atoms. The Labute approximate surface area is 138 Å². The van der Waals surface area contributed by atoms with Gasteiger partial charge in [-0.15, -0.1) is 0 Å². The van der Waals surface area contributed by atoms with Crippen LogP contribution < -0.4 is 5.32 Å². The molecule has 8 nitrogen and oxygen atoms in total. The minimum Gasteiger partial charge on any atom is -0.465 e. The molecular formula is C16H17N5O3. The van der Waals surface area contributed by atoms with Gasteiger partial charge < -0.3 is 9.84 Å². The van der Waals surface area contributed by atoms with E-state index in [9.17, 15) is 15.2 Å². The molecule has 2 aromatic rings. The summed E-state index contributed by atoms with van der Waals surface area (Å²) in [6.07, 6.45) is -0.513. The van der Waals surface area contributed by atoms with E-state index in [0.29, 0.717) is 23.1 Å².